The number of para-hydroxylation sites is 1. The Kier molecular flexibility index (Phi) is 5.21. The number of hydrogen-bond acceptors (Lipinski definition) is 5. The summed E-state index contributed by atoms with van der Waals surface area (Å²) in [6.45, 7) is 6.46. The highest BCUT2D eigenvalue weighted by Gasteiger charge is 2.28. The zero-order valence-corrected chi connectivity index (χ0v) is 15.8. The van der Waals surface area contributed by atoms with Gasteiger partial charge in [0.05, 0.1) is 0 Å². The maximum atomic E-state index is 12.5. The number of likely N-dealkylation sites (tertiary alicyclic amines) is 1. The van der Waals surface area contributed by atoms with Crippen molar-refractivity contribution < 1.29 is 18.7 Å². The van der Waals surface area contributed by atoms with E-state index in [4.69, 9.17) is 9.15 Å². The Morgan fingerprint density at radius 1 is 1.19 bits per heavy atom. The number of fused-ring (bicyclic) bond motifs is 1. The lowest BCUT2D eigenvalue weighted by molar-refractivity contribution is 0.0199. The van der Waals surface area contributed by atoms with Crippen LogP contribution in [0.1, 0.15) is 44.0 Å². The average molecular weight is 372 g/mol. The van der Waals surface area contributed by atoms with Crippen molar-refractivity contribution in [3.8, 4) is 0 Å². The molecule has 27 heavy (non-hydrogen) atoms. The second kappa shape index (κ2) is 7.42. The van der Waals surface area contributed by atoms with Gasteiger partial charge in [-0.2, -0.15) is 0 Å². The van der Waals surface area contributed by atoms with Gasteiger partial charge >= 0.3 is 11.7 Å². The van der Waals surface area contributed by atoms with Crippen molar-refractivity contribution in [1.29, 1.82) is 0 Å². The number of nitrogens with zero attached hydrogens (tertiary/aromatic N) is 1. The Labute approximate surface area is 157 Å². The molecule has 0 bridgehead atoms. The fourth-order valence-corrected chi connectivity index (χ4v) is 3.02. The summed E-state index contributed by atoms with van der Waals surface area (Å²) in [5.41, 5.74) is -0.753. The molecule has 0 radical (unpaired) electrons. The van der Waals surface area contributed by atoms with Crippen molar-refractivity contribution in [3.05, 3.63) is 46.3 Å². The van der Waals surface area contributed by atoms with E-state index < -0.39 is 17.1 Å². The summed E-state index contributed by atoms with van der Waals surface area (Å²) >= 11 is 0. The predicted molar refractivity (Wildman–Crippen MR) is 101 cm³/mol. The molecule has 3 rings (SSSR count). The Morgan fingerprint density at radius 2 is 1.85 bits per heavy atom. The highest BCUT2D eigenvalue weighted by molar-refractivity contribution is 5.96. The summed E-state index contributed by atoms with van der Waals surface area (Å²) in [7, 11) is 0. The van der Waals surface area contributed by atoms with Crippen molar-refractivity contribution in [2.24, 2.45) is 0 Å². The lowest BCUT2D eigenvalue weighted by Crippen LogP contribution is -2.48. The van der Waals surface area contributed by atoms with Crippen molar-refractivity contribution >= 4 is 23.0 Å². The van der Waals surface area contributed by atoms with E-state index in [1.807, 2.05) is 26.8 Å². The molecule has 2 amide bonds. The third kappa shape index (κ3) is 4.67. The maximum absolute atomic E-state index is 12.5. The number of nitrogens with one attached hydrogen (secondary N) is 1. The second-order valence-electron chi connectivity index (χ2n) is 7.70. The molecule has 1 saturated heterocycles. The SMILES string of the molecule is CC(C)(C)OC(=O)N1CCC(NC(=O)c2cc3ccccc3oc2=O)CC1. The number of amides is 2. The van der Waals surface area contributed by atoms with Crippen LogP contribution in [0.5, 0.6) is 0 Å². The van der Waals surface area contributed by atoms with Crippen LogP contribution in [-0.4, -0.2) is 41.6 Å². The molecule has 144 valence electrons. The first-order valence-electron chi connectivity index (χ1n) is 9.04. The van der Waals surface area contributed by atoms with Crippen LogP contribution in [0.4, 0.5) is 4.79 Å². The predicted octanol–water partition coefficient (Wildman–Crippen LogP) is 2.92. The van der Waals surface area contributed by atoms with E-state index in [2.05, 4.69) is 5.32 Å². The van der Waals surface area contributed by atoms with Gasteiger partial charge < -0.3 is 19.4 Å². The van der Waals surface area contributed by atoms with E-state index in [-0.39, 0.29) is 17.7 Å². The Bertz CT molecular complexity index is 904. The number of carbonyl (C=O) groups is 2. The van der Waals surface area contributed by atoms with Crippen LogP contribution in [0.2, 0.25) is 0 Å². The van der Waals surface area contributed by atoms with Crippen molar-refractivity contribution in [2.45, 2.75) is 45.3 Å². The molecule has 2 heterocycles. The van der Waals surface area contributed by atoms with E-state index in [1.165, 1.54) is 0 Å². The van der Waals surface area contributed by atoms with Gasteiger partial charge in [0.25, 0.3) is 5.91 Å². The first-order chi connectivity index (χ1) is 12.7. The number of ether oxygens (including phenoxy) is 1. The van der Waals surface area contributed by atoms with Crippen LogP contribution >= 0.6 is 0 Å². The van der Waals surface area contributed by atoms with E-state index in [1.54, 1.807) is 29.2 Å². The van der Waals surface area contributed by atoms with Gasteiger partial charge in [-0.25, -0.2) is 9.59 Å². The van der Waals surface area contributed by atoms with Crippen molar-refractivity contribution in [2.75, 3.05) is 13.1 Å². The van der Waals surface area contributed by atoms with E-state index in [0.29, 0.717) is 36.9 Å². The number of benzene rings is 1. The van der Waals surface area contributed by atoms with Crippen LogP contribution in [-0.2, 0) is 4.74 Å². The van der Waals surface area contributed by atoms with Crippen LogP contribution < -0.4 is 10.9 Å². The molecule has 1 aliphatic heterocycles. The minimum Gasteiger partial charge on any atom is -0.444 e. The third-order valence-corrected chi connectivity index (χ3v) is 4.37. The van der Waals surface area contributed by atoms with E-state index >= 15 is 0 Å². The van der Waals surface area contributed by atoms with Gasteiger partial charge in [0.1, 0.15) is 16.7 Å². The summed E-state index contributed by atoms with van der Waals surface area (Å²) in [6.07, 6.45) is 0.857. The highest BCUT2D eigenvalue weighted by atomic mass is 16.6. The summed E-state index contributed by atoms with van der Waals surface area (Å²) in [6, 6.07) is 8.49. The van der Waals surface area contributed by atoms with E-state index in [0.717, 1.165) is 0 Å². The van der Waals surface area contributed by atoms with Crippen LogP contribution in [0.25, 0.3) is 11.0 Å². The largest absolute Gasteiger partial charge is 0.444 e. The fourth-order valence-electron chi connectivity index (χ4n) is 3.02. The monoisotopic (exact) mass is 372 g/mol. The smallest absolute Gasteiger partial charge is 0.410 e. The van der Waals surface area contributed by atoms with Crippen LogP contribution in [0.15, 0.2) is 39.5 Å². The Hall–Kier alpha value is -2.83. The number of piperidine rings is 1. The van der Waals surface area contributed by atoms with Crippen LogP contribution in [0.3, 0.4) is 0 Å². The van der Waals surface area contributed by atoms with Gasteiger partial charge in [0.15, 0.2) is 0 Å². The first kappa shape index (κ1) is 18.9. The minimum atomic E-state index is -0.655. The third-order valence-electron chi connectivity index (χ3n) is 4.37. The second-order valence-corrected chi connectivity index (χ2v) is 7.70. The minimum absolute atomic E-state index is 0.0109. The molecule has 1 N–H and O–H groups in total. The number of hydrogen-bond donors (Lipinski definition) is 1. The molecule has 7 nitrogen and oxygen atoms in total. The average Bonchev–Trinajstić information content (AvgIpc) is 2.60. The summed E-state index contributed by atoms with van der Waals surface area (Å²) in [4.78, 5) is 38.3. The van der Waals surface area contributed by atoms with Gasteiger partial charge in [-0.3, -0.25) is 4.79 Å². The molecule has 0 unspecified atom stereocenters. The molecule has 1 fully saturated rings. The fraction of sp³-hybridized carbons (Fsp3) is 0.450. The molecule has 1 aromatic heterocycles. The first-order valence-corrected chi connectivity index (χ1v) is 9.04. The molecule has 1 aliphatic rings. The number of rotatable bonds is 2. The van der Waals surface area contributed by atoms with Gasteiger partial charge in [-0.1, -0.05) is 18.2 Å². The molecule has 7 heteroatoms. The molecule has 2 aromatic rings. The molecule has 0 aliphatic carbocycles. The molecule has 0 spiro atoms. The van der Waals surface area contributed by atoms with Gasteiger partial charge in [0, 0.05) is 24.5 Å². The molecule has 0 atom stereocenters. The van der Waals surface area contributed by atoms with Gasteiger partial charge in [0.2, 0.25) is 0 Å². The zero-order chi connectivity index (χ0) is 19.6. The van der Waals surface area contributed by atoms with Crippen molar-refractivity contribution in [3.63, 3.8) is 0 Å². The van der Waals surface area contributed by atoms with E-state index in [9.17, 15) is 14.4 Å². The molecule has 1 aromatic carbocycles. The standard InChI is InChI=1S/C20H24N2O5/c1-20(2,3)27-19(25)22-10-8-14(9-11-22)21-17(23)15-12-13-6-4-5-7-16(13)26-18(15)24/h4-7,12,14H,8-11H2,1-3H3,(H,21,23). The maximum Gasteiger partial charge on any atom is 0.410 e. The lowest BCUT2D eigenvalue weighted by Gasteiger charge is -2.33. The van der Waals surface area contributed by atoms with Crippen molar-refractivity contribution in [1.82, 2.24) is 10.2 Å². The van der Waals surface area contributed by atoms with Gasteiger partial charge in [-0.15, -0.1) is 0 Å². The topological polar surface area (TPSA) is 88.8 Å². The Morgan fingerprint density at radius 3 is 2.52 bits per heavy atom. The normalized spacial score (nSPS) is 15.6. The summed E-state index contributed by atoms with van der Waals surface area (Å²) < 4.78 is 10.6. The molecular formula is C20H24N2O5. The number of carbonyl (C=O) groups excluding carboxylic acids is 2. The zero-order valence-electron chi connectivity index (χ0n) is 15.8. The Balaban J connectivity index is 1.61. The molecule has 0 saturated carbocycles. The highest BCUT2D eigenvalue weighted by Crippen LogP contribution is 2.17. The quantitative estimate of drug-likeness (QED) is 0.819. The summed E-state index contributed by atoms with van der Waals surface area (Å²) in [5.74, 6) is -0.453. The summed E-state index contributed by atoms with van der Waals surface area (Å²) in [5, 5.41) is 3.57. The lowest BCUT2D eigenvalue weighted by atomic mass is 10.0. The van der Waals surface area contributed by atoms with Crippen LogP contribution in [0, 0.1) is 0 Å². The van der Waals surface area contributed by atoms with Gasteiger partial charge in [-0.05, 0) is 45.7 Å². The molecular weight excluding hydrogens is 348 g/mol.